The van der Waals surface area contributed by atoms with Crippen molar-refractivity contribution in [3.63, 3.8) is 0 Å². The minimum atomic E-state index is 0.541. The summed E-state index contributed by atoms with van der Waals surface area (Å²) < 4.78 is 0. The Bertz CT molecular complexity index is 417. The molecule has 1 aliphatic heterocycles. The molecule has 1 aliphatic rings. The number of piperidine rings is 1. The Morgan fingerprint density at radius 2 is 2.24 bits per heavy atom. The molecule has 2 heterocycles. The van der Waals surface area contributed by atoms with Crippen LogP contribution in [0.25, 0.3) is 0 Å². The van der Waals surface area contributed by atoms with Gasteiger partial charge in [-0.3, -0.25) is 4.90 Å². The van der Waals surface area contributed by atoms with E-state index in [9.17, 15) is 0 Å². The Hall–Kier alpha value is -1.09. The summed E-state index contributed by atoms with van der Waals surface area (Å²) in [4.78, 5) is 7.26. The molecule has 1 aromatic heterocycles. The highest BCUT2D eigenvalue weighted by atomic mass is 15.2. The average Bonchev–Trinajstić information content (AvgIpc) is 2.48. The van der Waals surface area contributed by atoms with E-state index >= 15 is 0 Å². The van der Waals surface area contributed by atoms with Crippen LogP contribution in [0.3, 0.4) is 0 Å². The first kappa shape index (κ1) is 16.3. The van der Waals surface area contributed by atoms with Crippen LogP contribution in [0.15, 0.2) is 18.3 Å². The summed E-state index contributed by atoms with van der Waals surface area (Å²) in [5.74, 6) is 1.82. The summed E-state index contributed by atoms with van der Waals surface area (Å²) in [6.07, 6.45) is 8.27. The molecule has 0 unspecified atom stereocenters. The van der Waals surface area contributed by atoms with Crippen LogP contribution in [0.5, 0.6) is 0 Å². The third kappa shape index (κ3) is 4.70. The highest BCUT2D eigenvalue weighted by molar-refractivity contribution is 5.45. The van der Waals surface area contributed by atoms with E-state index < -0.39 is 0 Å². The molecular formula is C18H31N3. The van der Waals surface area contributed by atoms with Gasteiger partial charge in [0.25, 0.3) is 0 Å². The summed E-state index contributed by atoms with van der Waals surface area (Å²) in [5, 5.41) is 3.55. The molecule has 0 spiro atoms. The van der Waals surface area contributed by atoms with Gasteiger partial charge in [-0.25, -0.2) is 4.98 Å². The number of aromatic nitrogens is 1. The molecule has 1 fully saturated rings. The Morgan fingerprint density at radius 3 is 3.00 bits per heavy atom. The number of likely N-dealkylation sites (tertiary alicyclic amines) is 1. The van der Waals surface area contributed by atoms with Gasteiger partial charge in [-0.15, -0.1) is 0 Å². The molecule has 0 bridgehead atoms. The minimum Gasteiger partial charge on any atom is -0.370 e. The lowest BCUT2D eigenvalue weighted by Crippen LogP contribution is -2.36. The second-order valence-electron chi connectivity index (χ2n) is 6.62. The van der Waals surface area contributed by atoms with Crippen molar-refractivity contribution >= 4 is 5.82 Å². The van der Waals surface area contributed by atoms with Crippen molar-refractivity contribution in [3.8, 4) is 0 Å². The molecule has 1 saturated heterocycles. The zero-order valence-corrected chi connectivity index (χ0v) is 13.9. The van der Waals surface area contributed by atoms with Crippen LogP contribution >= 0.6 is 0 Å². The third-order valence-corrected chi connectivity index (χ3v) is 4.23. The first-order chi connectivity index (χ1) is 10.2. The molecule has 1 aromatic rings. The molecule has 0 saturated carbocycles. The summed E-state index contributed by atoms with van der Waals surface area (Å²) in [7, 11) is 0. The molecule has 1 atom stereocenters. The van der Waals surface area contributed by atoms with Crippen molar-refractivity contribution in [2.45, 2.75) is 58.9 Å². The maximum Gasteiger partial charge on any atom is 0.130 e. The van der Waals surface area contributed by atoms with Crippen LogP contribution in [-0.4, -0.2) is 29.5 Å². The van der Waals surface area contributed by atoms with E-state index in [4.69, 9.17) is 0 Å². The Kier molecular flexibility index (Phi) is 6.50. The Morgan fingerprint density at radius 1 is 1.38 bits per heavy atom. The van der Waals surface area contributed by atoms with Gasteiger partial charge in [-0.05, 0) is 37.8 Å². The number of nitrogens with one attached hydrogen (secondary N) is 1. The van der Waals surface area contributed by atoms with Crippen molar-refractivity contribution in [2.75, 3.05) is 25.0 Å². The topological polar surface area (TPSA) is 28.2 Å². The fraction of sp³-hybridized carbons (Fsp3) is 0.722. The standard InChI is InChI=1S/C18H31N3/c1-4-5-11-19-18-16(9-8-12-20-18)17-10-6-7-13-21(17)14-15(2)3/h8-9,12,15,17H,4-7,10-11,13-14H2,1-3H3,(H,19,20)/t17-/m0/s1. The molecule has 21 heavy (non-hydrogen) atoms. The molecule has 0 radical (unpaired) electrons. The maximum absolute atomic E-state index is 4.60. The number of hydrogen-bond acceptors (Lipinski definition) is 3. The largest absolute Gasteiger partial charge is 0.370 e. The van der Waals surface area contributed by atoms with Crippen molar-refractivity contribution in [2.24, 2.45) is 5.92 Å². The molecule has 0 aromatic carbocycles. The van der Waals surface area contributed by atoms with E-state index in [0.717, 1.165) is 18.3 Å². The van der Waals surface area contributed by atoms with Gasteiger partial charge in [-0.2, -0.15) is 0 Å². The highest BCUT2D eigenvalue weighted by Gasteiger charge is 2.26. The molecule has 0 aliphatic carbocycles. The van der Waals surface area contributed by atoms with E-state index in [1.54, 1.807) is 0 Å². The highest BCUT2D eigenvalue weighted by Crippen LogP contribution is 2.34. The zero-order valence-electron chi connectivity index (χ0n) is 13.9. The second-order valence-corrected chi connectivity index (χ2v) is 6.62. The smallest absolute Gasteiger partial charge is 0.130 e. The molecule has 2 rings (SSSR count). The lowest BCUT2D eigenvalue weighted by atomic mass is 9.94. The second kappa shape index (κ2) is 8.38. The van der Waals surface area contributed by atoms with Crippen molar-refractivity contribution < 1.29 is 0 Å². The molecule has 0 amide bonds. The van der Waals surface area contributed by atoms with Crippen molar-refractivity contribution in [1.29, 1.82) is 0 Å². The summed E-state index contributed by atoms with van der Waals surface area (Å²) in [5.41, 5.74) is 1.40. The fourth-order valence-corrected chi connectivity index (χ4v) is 3.25. The SMILES string of the molecule is CCCCNc1ncccc1[C@@H]1CCCCN1CC(C)C. The van der Waals surface area contributed by atoms with Gasteiger partial charge >= 0.3 is 0 Å². The van der Waals surface area contributed by atoms with Gasteiger partial charge in [0, 0.05) is 30.9 Å². The van der Waals surface area contributed by atoms with Crippen LogP contribution in [0.2, 0.25) is 0 Å². The molecule has 1 N–H and O–H groups in total. The van der Waals surface area contributed by atoms with Crippen LogP contribution in [0.1, 0.15) is 64.5 Å². The van der Waals surface area contributed by atoms with E-state index in [0.29, 0.717) is 6.04 Å². The van der Waals surface area contributed by atoms with Crippen molar-refractivity contribution in [3.05, 3.63) is 23.9 Å². The van der Waals surface area contributed by atoms with Crippen LogP contribution in [0.4, 0.5) is 5.82 Å². The van der Waals surface area contributed by atoms with Crippen LogP contribution in [0, 0.1) is 5.92 Å². The van der Waals surface area contributed by atoms with E-state index in [1.165, 1.54) is 50.8 Å². The van der Waals surface area contributed by atoms with Gasteiger partial charge in [0.1, 0.15) is 5.82 Å². The van der Waals surface area contributed by atoms with Crippen molar-refractivity contribution in [1.82, 2.24) is 9.88 Å². The van der Waals surface area contributed by atoms with Gasteiger partial charge in [0.05, 0.1) is 0 Å². The number of unbranched alkanes of at least 4 members (excludes halogenated alkanes) is 1. The summed E-state index contributed by atoms with van der Waals surface area (Å²) >= 11 is 0. The first-order valence-corrected chi connectivity index (χ1v) is 8.65. The van der Waals surface area contributed by atoms with Gasteiger partial charge < -0.3 is 5.32 Å². The lowest BCUT2D eigenvalue weighted by molar-refractivity contribution is 0.132. The fourth-order valence-electron chi connectivity index (χ4n) is 3.25. The van der Waals surface area contributed by atoms with Gasteiger partial charge in [0.15, 0.2) is 0 Å². The third-order valence-electron chi connectivity index (χ3n) is 4.23. The average molecular weight is 289 g/mol. The normalized spacial score (nSPS) is 19.9. The van der Waals surface area contributed by atoms with E-state index in [2.05, 4.69) is 48.1 Å². The monoisotopic (exact) mass is 289 g/mol. The number of anilines is 1. The number of pyridine rings is 1. The van der Waals surface area contributed by atoms with Crippen LogP contribution < -0.4 is 5.32 Å². The quantitative estimate of drug-likeness (QED) is 0.750. The molecule has 3 heteroatoms. The van der Waals surface area contributed by atoms with Gasteiger partial charge in [0.2, 0.25) is 0 Å². The molecule has 118 valence electrons. The summed E-state index contributed by atoms with van der Waals surface area (Å²) in [6, 6.07) is 4.89. The molecular weight excluding hydrogens is 258 g/mol. The maximum atomic E-state index is 4.60. The Labute approximate surface area is 130 Å². The predicted molar refractivity (Wildman–Crippen MR) is 90.6 cm³/mol. The number of hydrogen-bond donors (Lipinski definition) is 1. The Balaban J connectivity index is 2.13. The lowest BCUT2D eigenvalue weighted by Gasteiger charge is -2.37. The zero-order chi connectivity index (χ0) is 15.1. The summed E-state index contributed by atoms with van der Waals surface area (Å²) in [6.45, 7) is 10.3. The predicted octanol–water partition coefficient (Wildman–Crippen LogP) is 4.48. The van der Waals surface area contributed by atoms with E-state index in [-0.39, 0.29) is 0 Å². The molecule has 3 nitrogen and oxygen atoms in total. The first-order valence-electron chi connectivity index (χ1n) is 8.65. The number of nitrogens with zero attached hydrogens (tertiary/aromatic N) is 2. The van der Waals surface area contributed by atoms with Gasteiger partial charge in [-0.1, -0.05) is 39.7 Å². The van der Waals surface area contributed by atoms with E-state index in [1.807, 2.05) is 6.20 Å². The van der Waals surface area contributed by atoms with Crippen LogP contribution in [-0.2, 0) is 0 Å². The minimum absolute atomic E-state index is 0.541. The number of rotatable bonds is 7.